The second-order valence-electron chi connectivity index (χ2n) is 8.23. The molecule has 1 saturated heterocycles. The van der Waals surface area contributed by atoms with Crippen LogP contribution in [0, 0.1) is 12.8 Å². The topological polar surface area (TPSA) is 58.1 Å². The number of likely N-dealkylation sites (N-methyl/N-ethyl adjacent to an activating group) is 1. The van der Waals surface area contributed by atoms with E-state index in [1.54, 1.807) is 0 Å². The van der Waals surface area contributed by atoms with E-state index in [1.807, 2.05) is 7.05 Å². The lowest BCUT2D eigenvalue weighted by Gasteiger charge is -2.25. The van der Waals surface area contributed by atoms with Gasteiger partial charge >= 0.3 is 0 Å². The number of nitrogens with zero attached hydrogens (tertiary/aromatic N) is 2. The van der Waals surface area contributed by atoms with E-state index in [1.165, 1.54) is 18.4 Å². The molecule has 2 aliphatic rings. The molecule has 1 aliphatic carbocycles. The van der Waals surface area contributed by atoms with Crippen molar-refractivity contribution in [3.8, 4) is 5.75 Å². The molecule has 1 aromatic rings. The zero-order chi connectivity index (χ0) is 19.9. The van der Waals surface area contributed by atoms with Crippen molar-refractivity contribution in [2.75, 3.05) is 40.9 Å². The molecule has 2 unspecified atom stereocenters. The first-order valence-electron chi connectivity index (χ1n) is 10.5. The van der Waals surface area contributed by atoms with E-state index in [0.717, 1.165) is 49.2 Å². The highest BCUT2D eigenvalue weighted by Gasteiger charge is 2.32. The molecule has 156 valence electrons. The monoisotopic (exact) mass is 388 g/mol. The van der Waals surface area contributed by atoms with Gasteiger partial charge < -0.3 is 25.0 Å². The number of hydrogen-bond donors (Lipinski definition) is 2. The van der Waals surface area contributed by atoms with Crippen molar-refractivity contribution in [3.63, 3.8) is 0 Å². The fourth-order valence-electron chi connectivity index (χ4n) is 3.75. The van der Waals surface area contributed by atoms with Gasteiger partial charge in [0.25, 0.3) is 0 Å². The highest BCUT2D eigenvalue weighted by Crippen LogP contribution is 2.34. The van der Waals surface area contributed by atoms with Crippen molar-refractivity contribution in [2.45, 2.75) is 51.3 Å². The quantitative estimate of drug-likeness (QED) is 0.503. The summed E-state index contributed by atoms with van der Waals surface area (Å²) < 4.78 is 11.8. The summed E-state index contributed by atoms with van der Waals surface area (Å²) >= 11 is 0. The molecular formula is C22H36N4O2. The van der Waals surface area contributed by atoms with Gasteiger partial charge in [-0.2, -0.15) is 0 Å². The second kappa shape index (κ2) is 10.1. The normalized spacial score (nSPS) is 21.0. The molecule has 0 bridgehead atoms. The van der Waals surface area contributed by atoms with Crippen LogP contribution in [0.5, 0.6) is 5.75 Å². The Bertz CT molecular complexity index is 650. The minimum atomic E-state index is 0.223. The maximum atomic E-state index is 6.11. The first-order valence-corrected chi connectivity index (χ1v) is 10.5. The van der Waals surface area contributed by atoms with Gasteiger partial charge in [-0.3, -0.25) is 4.99 Å². The smallest absolute Gasteiger partial charge is 0.191 e. The second-order valence-corrected chi connectivity index (χ2v) is 8.23. The molecule has 1 heterocycles. The van der Waals surface area contributed by atoms with Crippen molar-refractivity contribution in [1.82, 2.24) is 15.5 Å². The van der Waals surface area contributed by atoms with E-state index in [2.05, 4.69) is 59.7 Å². The maximum Gasteiger partial charge on any atom is 0.191 e. The van der Waals surface area contributed by atoms with Gasteiger partial charge in [0.2, 0.25) is 0 Å². The third-order valence-electron chi connectivity index (χ3n) is 5.65. The number of nitrogens with one attached hydrogen (secondary N) is 2. The average Bonchev–Trinajstić information content (AvgIpc) is 3.37. The Labute approximate surface area is 169 Å². The standard InChI is InChI=1S/C22H36N4O2/c1-16-7-8-18(21(12-16)28-15-19-6-5-11-27-19)13-24-22(23-2)25-14-20(26(3)4)17-9-10-17/h7-8,12,17,19-20H,5-6,9-11,13-15H2,1-4H3,(H2,23,24,25). The van der Waals surface area contributed by atoms with Crippen LogP contribution < -0.4 is 15.4 Å². The average molecular weight is 389 g/mol. The SMILES string of the molecule is CN=C(NCc1ccc(C)cc1OCC1CCCO1)NCC(C1CC1)N(C)C. The number of aryl methyl sites for hydroxylation is 1. The summed E-state index contributed by atoms with van der Waals surface area (Å²) in [5.41, 5.74) is 2.34. The molecule has 6 heteroatoms. The van der Waals surface area contributed by atoms with Crippen LogP contribution in [0.3, 0.4) is 0 Å². The summed E-state index contributed by atoms with van der Waals surface area (Å²) in [5, 5.41) is 6.92. The summed E-state index contributed by atoms with van der Waals surface area (Å²) in [6, 6.07) is 6.93. The Morgan fingerprint density at radius 3 is 2.75 bits per heavy atom. The largest absolute Gasteiger partial charge is 0.491 e. The predicted molar refractivity (Wildman–Crippen MR) is 114 cm³/mol. The molecule has 0 amide bonds. The van der Waals surface area contributed by atoms with Gasteiger partial charge in [0.15, 0.2) is 5.96 Å². The number of aliphatic imine (C=N–C) groups is 1. The summed E-state index contributed by atoms with van der Waals surface area (Å²) in [6.45, 7) is 5.16. The fraction of sp³-hybridized carbons (Fsp3) is 0.682. The van der Waals surface area contributed by atoms with Crippen molar-refractivity contribution < 1.29 is 9.47 Å². The van der Waals surface area contributed by atoms with Gasteiger partial charge in [0.1, 0.15) is 12.4 Å². The molecule has 6 nitrogen and oxygen atoms in total. The molecule has 2 fully saturated rings. The van der Waals surface area contributed by atoms with Gasteiger partial charge in [0.05, 0.1) is 6.10 Å². The summed E-state index contributed by atoms with van der Waals surface area (Å²) in [5.74, 6) is 2.58. The van der Waals surface area contributed by atoms with E-state index >= 15 is 0 Å². The lowest BCUT2D eigenvalue weighted by molar-refractivity contribution is 0.0676. The number of guanidine groups is 1. The number of hydrogen-bond acceptors (Lipinski definition) is 4. The van der Waals surface area contributed by atoms with Crippen LogP contribution in [0.15, 0.2) is 23.2 Å². The van der Waals surface area contributed by atoms with E-state index in [-0.39, 0.29) is 6.10 Å². The van der Waals surface area contributed by atoms with Crippen LogP contribution >= 0.6 is 0 Å². The molecule has 2 atom stereocenters. The van der Waals surface area contributed by atoms with Crippen LogP contribution in [0.1, 0.15) is 36.8 Å². The Morgan fingerprint density at radius 1 is 1.29 bits per heavy atom. The summed E-state index contributed by atoms with van der Waals surface area (Å²) in [7, 11) is 6.14. The number of ether oxygens (including phenoxy) is 2. The van der Waals surface area contributed by atoms with Crippen molar-refractivity contribution in [1.29, 1.82) is 0 Å². The lowest BCUT2D eigenvalue weighted by Crippen LogP contribution is -2.45. The molecule has 3 rings (SSSR count). The predicted octanol–water partition coefficient (Wildman–Crippen LogP) is 2.56. The molecule has 1 saturated carbocycles. The van der Waals surface area contributed by atoms with Crippen LogP contribution in [0.2, 0.25) is 0 Å². The maximum absolute atomic E-state index is 6.11. The van der Waals surface area contributed by atoms with E-state index in [9.17, 15) is 0 Å². The minimum absolute atomic E-state index is 0.223. The van der Waals surface area contributed by atoms with Gasteiger partial charge in [-0.25, -0.2) is 0 Å². The number of rotatable bonds is 9. The molecule has 0 radical (unpaired) electrons. The van der Waals surface area contributed by atoms with Crippen molar-refractivity contribution >= 4 is 5.96 Å². The summed E-state index contributed by atoms with van der Waals surface area (Å²) in [6.07, 6.45) is 5.12. The van der Waals surface area contributed by atoms with E-state index < -0.39 is 0 Å². The van der Waals surface area contributed by atoms with Gasteiger partial charge in [-0.05, 0) is 64.3 Å². The zero-order valence-electron chi connectivity index (χ0n) is 17.8. The van der Waals surface area contributed by atoms with Gasteiger partial charge in [-0.15, -0.1) is 0 Å². The number of benzene rings is 1. The fourth-order valence-corrected chi connectivity index (χ4v) is 3.75. The van der Waals surface area contributed by atoms with Crippen LogP contribution in [-0.4, -0.2) is 63.9 Å². The van der Waals surface area contributed by atoms with Gasteiger partial charge in [0, 0.05) is 38.3 Å². The Balaban J connectivity index is 1.53. The molecule has 1 aromatic carbocycles. The summed E-state index contributed by atoms with van der Waals surface area (Å²) in [4.78, 5) is 6.70. The van der Waals surface area contributed by atoms with Gasteiger partial charge in [-0.1, -0.05) is 12.1 Å². The van der Waals surface area contributed by atoms with Crippen molar-refractivity contribution in [3.05, 3.63) is 29.3 Å². The molecule has 28 heavy (non-hydrogen) atoms. The first kappa shape index (κ1) is 20.9. The van der Waals surface area contributed by atoms with Crippen LogP contribution in [0.4, 0.5) is 0 Å². The van der Waals surface area contributed by atoms with Crippen LogP contribution in [0.25, 0.3) is 0 Å². The first-order chi connectivity index (χ1) is 13.6. The minimum Gasteiger partial charge on any atom is -0.491 e. The van der Waals surface area contributed by atoms with Crippen molar-refractivity contribution in [2.24, 2.45) is 10.9 Å². The highest BCUT2D eigenvalue weighted by atomic mass is 16.5. The Hall–Kier alpha value is -1.79. The molecule has 0 aromatic heterocycles. The van der Waals surface area contributed by atoms with E-state index in [4.69, 9.17) is 9.47 Å². The zero-order valence-corrected chi connectivity index (χ0v) is 17.8. The van der Waals surface area contributed by atoms with E-state index in [0.29, 0.717) is 19.2 Å². The molecule has 0 spiro atoms. The highest BCUT2D eigenvalue weighted by molar-refractivity contribution is 5.79. The molecular weight excluding hydrogens is 352 g/mol. The third-order valence-corrected chi connectivity index (χ3v) is 5.65. The van der Waals surface area contributed by atoms with Crippen LogP contribution in [-0.2, 0) is 11.3 Å². The third kappa shape index (κ3) is 6.11. The molecule has 1 aliphatic heterocycles. The molecule has 2 N–H and O–H groups in total. The lowest BCUT2D eigenvalue weighted by atomic mass is 10.1. The Morgan fingerprint density at radius 2 is 2.11 bits per heavy atom. The Kier molecular flexibility index (Phi) is 7.57.